The first-order valence-electron chi connectivity index (χ1n) is 11.9. The van der Waals surface area contributed by atoms with E-state index in [2.05, 4.69) is 36.9 Å². The molecule has 0 saturated carbocycles. The molecule has 1 aromatic heterocycles. The lowest BCUT2D eigenvalue weighted by atomic mass is 10.1. The summed E-state index contributed by atoms with van der Waals surface area (Å²) in [5.41, 5.74) is 0.867. The molecule has 0 saturated heterocycles. The fourth-order valence-electron chi connectivity index (χ4n) is 3.77. The van der Waals surface area contributed by atoms with E-state index in [1.54, 1.807) is 24.3 Å². The highest BCUT2D eigenvalue weighted by Gasteiger charge is 2.23. The standard InChI is InChI=1S/C28H24BrFN4O5/c1-17(38-28(37)34-24-12-6-8-18-7-2-3-9-21(18)24)33-27(36)39-25(22-10-4-5-11-23(22)30)16-32-26(35)19-13-20(29)15-31-14-19/h2-15,17,25H,16H2,1H3,(H,32,35)(H,33,36)(H,34,37). The normalized spacial score (nSPS) is 12.2. The van der Waals surface area contributed by atoms with E-state index in [0.29, 0.717) is 10.2 Å². The first kappa shape index (κ1) is 27.5. The number of nitrogens with one attached hydrogen (secondary N) is 3. The van der Waals surface area contributed by atoms with Gasteiger partial charge in [0.1, 0.15) is 11.9 Å². The number of carbonyl (C=O) groups excluding carboxylic acids is 3. The van der Waals surface area contributed by atoms with Gasteiger partial charge in [0.2, 0.25) is 0 Å². The second-order valence-electron chi connectivity index (χ2n) is 8.36. The lowest BCUT2D eigenvalue weighted by molar-refractivity contribution is 0.0610. The lowest BCUT2D eigenvalue weighted by Crippen LogP contribution is -2.39. The van der Waals surface area contributed by atoms with E-state index in [-0.39, 0.29) is 17.7 Å². The molecule has 3 aromatic carbocycles. The summed E-state index contributed by atoms with van der Waals surface area (Å²) in [6.07, 6.45) is -1.14. The van der Waals surface area contributed by atoms with Crippen molar-refractivity contribution in [1.82, 2.24) is 15.6 Å². The molecule has 4 rings (SSSR count). The van der Waals surface area contributed by atoms with E-state index < -0.39 is 36.2 Å². The summed E-state index contributed by atoms with van der Waals surface area (Å²) < 4.78 is 25.8. The number of benzene rings is 3. The van der Waals surface area contributed by atoms with Crippen molar-refractivity contribution >= 4 is 50.5 Å². The van der Waals surface area contributed by atoms with Gasteiger partial charge in [-0.2, -0.15) is 0 Å². The number of pyridine rings is 1. The van der Waals surface area contributed by atoms with Gasteiger partial charge in [-0.05, 0) is 46.4 Å². The molecular weight excluding hydrogens is 571 g/mol. The van der Waals surface area contributed by atoms with Crippen molar-refractivity contribution in [2.75, 3.05) is 11.9 Å². The third-order valence-corrected chi connectivity index (χ3v) is 5.98. The largest absolute Gasteiger partial charge is 0.439 e. The number of rotatable bonds is 8. The minimum Gasteiger partial charge on any atom is -0.439 e. The van der Waals surface area contributed by atoms with Gasteiger partial charge >= 0.3 is 12.2 Å². The van der Waals surface area contributed by atoms with E-state index >= 15 is 0 Å². The molecule has 11 heteroatoms. The van der Waals surface area contributed by atoms with Crippen molar-refractivity contribution in [3.05, 3.63) is 107 Å². The fraction of sp³-hybridized carbons (Fsp3) is 0.143. The molecule has 0 spiro atoms. The Morgan fingerprint density at radius 2 is 1.69 bits per heavy atom. The average molecular weight is 595 g/mol. The van der Waals surface area contributed by atoms with Crippen molar-refractivity contribution in [3.63, 3.8) is 0 Å². The zero-order valence-electron chi connectivity index (χ0n) is 20.7. The first-order chi connectivity index (χ1) is 18.8. The number of alkyl carbamates (subject to hydrolysis) is 1. The Morgan fingerprint density at radius 1 is 0.949 bits per heavy atom. The van der Waals surface area contributed by atoms with Gasteiger partial charge in [-0.25, -0.2) is 14.0 Å². The van der Waals surface area contributed by atoms with Crippen LogP contribution in [0.2, 0.25) is 0 Å². The Hall–Kier alpha value is -4.51. The maximum atomic E-state index is 14.5. The molecule has 4 aromatic rings. The molecule has 1 heterocycles. The highest BCUT2D eigenvalue weighted by atomic mass is 79.9. The van der Waals surface area contributed by atoms with Gasteiger partial charge in [0, 0.05) is 27.8 Å². The molecule has 0 radical (unpaired) electrons. The van der Waals surface area contributed by atoms with E-state index in [9.17, 15) is 18.8 Å². The van der Waals surface area contributed by atoms with Crippen LogP contribution in [-0.2, 0) is 9.47 Å². The Labute approximate surface area is 231 Å². The molecule has 0 aliphatic heterocycles. The summed E-state index contributed by atoms with van der Waals surface area (Å²) in [5, 5.41) is 9.42. The summed E-state index contributed by atoms with van der Waals surface area (Å²) in [6, 6.07) is 20.2. The van der Waals surface area contributed by atoms with Crippen LogP contribution in [-0.4, -0.2) is 35.9 Å². The minimum atomic E-state index is -1.17. The number of anilines is 1. The van der Waals surface area contributed by atoms with Crippen LogP contribution in [0.3, 0.4) is 0 Å². The fourth-order valence-corrected chi connectivity index (χ4v) is 4.13. The van der Waals surface area contributed by atoms with E-state index in [1.165, 1.54) is 37.5 Å². The topological polar surface area (TPSA) is 119 Å². The molecular formula is C28H24BrFN4O5. The molecule has 9 nitrogen and oxygen atoms in total. The van der Waals surface area contributed by atoms with Crippen LogP contribution < -0.4 is 16.0 Å². The van der Waals surface area contributed by atoms with Crippen molar-refractivity contribution in [3.8, 4) is 0 Å². The van der Waals surface area contributed by atoms with Crippen LogP contribution in [0.25, 0.3) is 10.8 Å². The highest BCUT2D eigenvalue weighted by Crippen LogP contribution is 2.23. The quantitative estimate of drug-likeness (QED) is 0.218. The predicted molar refractivity (Wildman–Crippen MR) is 147 cm³/mol. The van der Waals surface area contributed by atoms with Crippen LogP contribution in [0.5, 0.6) is 0 Å². The smallest absolute Gasteiger partial charge is 0.413 e. The van der Waals surface area contributed by atoms with Crippen molar-refractivity contribution < 1.29 is 28.2 Å². The highest BCUT2D eigenvalue weighted by molar-refractivity contribution is 9.10. The van der Waals surface area contributed by atoms with Gasteiger partial charge in [-0.1, -0.05) is 54.6 Å². The molecule has 200 valence electrons. The monoisotopic (exact) mass is 594 g/mol. The summed E-state index contributed by atoms with van der Waals surface area (Å²) in [4.78, 5) is 41.6. The van der Waals surface area contributed by atoms with Crippen LogP contribution in [0.15, 0.2) is 89.7 Å². The molecule has 0 fully saturated rings. The van der Waals surface area contributed by atoms with Crippen LogP contribution in [0.1, 0.15) is 28.9 Å². The van der Waals surface area contributed by atoms with Crippen molar-refractivity contribution in [2.24, 2.45) is 0 Å². The summed E-state index contributed by atoms with van der Waals surface area (Å²) in [6.45, 7) is 1.21. The van der Waals surface area contributed by atoms with Gasteiger partial charge < -0.3 is 14.8 Å². The van der Waals surface area contributed by atoms with E-state index in [4.69, 9.17) is 9.47 Å². The Kier molecular flexibility index (Phi) is 9.06. The van der Waals surface area contributed by atoms with E-state index in [1.807, 2.05) is 30.3 Å². The van der Waals surface area contributed by atoms with Crippen LogP contribution in [0, 0.1) is 5.82 Å². The summed E-state index contributed by atoms with van der Waals surface area (Å²) >= 11 is 3.25. The average Bonchev–Trinajstić information content (AvgIpc) is 2.91. The third-order valence-electron chi connectivity index (χ3n) is 5.55. The molecule has 2 atom stereocenters. The van der Waals surface area contributed by atoms with Crippen LogP contribution >= 0.6 is 15.9 Å². The molecule has 3 N–H and O–H groups in total. The zero-order valence-corrected chi connectivity index (χ0v) is 22.3. The number of nitrogens with zero attached hydrogens (tertiary/aromatic N) is 1. The van der Waals surface area contributed by atoms with Gasteiger partial charge in [-0.3, -0.25) is 20.4 Å². The molecule has 39 heavy (non-hydrogen) atoms. The number of amides is 3. The Morgan fingerprint density at radius 3 is 2.49 bits per heavy atom. The van der Waals surface area contributed by atoms with Gasteiger partial charge in [0.05, 0.1) is 17.8 Å². The van der Waals surface area contributed by atoms with Gasteiger partial charge in [0.25, 0.3) is 5.91 Å². The molecule has 3 amide bonds. The zero-order chi connectivity index (χ0) is 27.8. The molecule has 0 aliphatic rings. The number of aromatic nitrogens is 1. The van der Waals surface area contributed by atoms with Crippen LogP contribution in [0.4, 0.5) is 19.7 Å². The molecule has 2 unspecified atom stereocenters. The second-order valence-corrected chi connectivity index (χ2v) is 9.28. The SMILES string of the molecule is CC(NC(=O)OC(CNC(=O)c1cncc(Br)c1)c1ccccc1F)OC(=O)Nc1cccc2ccccc12. The van der Waals surface area contributed by atoms with Gasteiger partial charge in [0.15, 0.2) is 6.23 Å². The first-order valence-corrected chi connectivity index (χ1v) is 12.6. The number of halogens is 2. The third kappa shape index (κ3) is 7.51. The van der Waals surface area contributed by atoms with Crippen molar-refractivity contribution in [2.45, 2.75) is 19.3 Å². The molecule has 0 bridgehead atoms. The maximum absolute atomic E-state index is 14.5. The predicted octanol–water partition coefficient (Wildman–Crippen LogP) is 5.93. The number of carbonyl (C=O) groups is 3. The van der Waals surface area contributed by atoms with Gasteiger partial charge in [-0.15, -0.1) is 0 Å². The molecule has 0 aliphatic carbocycles. The van der Waals surface area contributed by atoms with Crippen molar-refractivity contribution in [1.29, 1.82) is 0 Å². The second kappa shape index (κ2) is 12.8. The minimum absolute atomic E-state index is 0.0580. The number of hydrogen-bond donors (Lipinski definition) is 3. The summed E-state index contributed by atoms with van der Waals surface area (Å²) in [5.74, 6) is -1.11. The lowest BCUT2D eigenvalue weighted by Gasteiger charge is -2.21. The Balaban J connectivity index is 1.36. The number of hydrogen-bond acceptors (Lipinski definition) is 6. The number of fused-ring (bicyclic) bond motifs is 1. The Bertz CT molecular complexity index is 1500. The van der Waals surface area contributed by atoms with E-state index in [0.717, 1.165) is 10.8 Å². The summed E-state index contributed by atoms with van der Waals surface area (Å²) in [7, 11) is 0. The number of ether oxygens (including phenoxy) is 2. The maximum Gasteiger partial charge on any atom is 0.413 e.